The molecule has 1 fully saturated rings. The van der Waals surface area contributed by atoms with Crippen molar-refractivity contribution in [3.05, 3.63) is 86.1 Å². The third-order valence-electron chi connectivity index (χ3n) is 5.35. The van der Waals surface area contributed by atoms with Gasteiger partial charge in [0.2, 0.25) is 0 Å². The summed E-state index contributed by atoms with van der Waals surface area (Å²) in [6, 6.07) is 13.1. The molecule has 31 heavy (non-hydrogen) atoms. The number of aliphatic hydroxyl groups is 1. The molecule has 1 saturated heterocycles. The third-order valence-corrected chi connectivity index (χ3v) is 6.66. The van der Waals surface area contributed by atoms with Crippen molar-refractivity contribution in [1.82, 2.24) is 0 Å². The van der Waals surface area contributed by atoms with Crippen LogP contribution in [0.1, 0.15) is 27.6 Å². The van der Waals surface area contributed by atoms with Crippen molar-refractivity contribution < 1.29 is 19.4 Å². The molecule has 4 rings (SSSR count). The molecule has 2 heterocycles. The summed E-state index contributed by atoms with van der Waals surface area (Å²) in [5.41, 5.74) is 2.74. The lowest BCUT2D eigenvalue weighted by Crippen LogP contribution is -2.29. The molecule has 0 aliphatic carbocycles. The zero-order valence-corrected chi connectivity index (χ0v) is 18.8. The summed E-state index contributed by atoms with van der Waals surface area (Å²) < 4.78 is 5.29. The third kappa shape index (κ3) is 3.62. The van der Waals surface area contributed by atoms with Crippen LogP contribution in [0.5, 0.6) is 5.75 Å². The van der Waals surface area contributed by atoms with Crippen LogP contribution in [0.15, 0.2) is 59.5 Å². The molecule has 7 heteroatoms. The lowest BCUT2D eigenvalue weighted by atomic mass is 9.97. The van der Waals surface area contributed by atoms with Gasteiger partial charge in [0, 0.05) is 21.2 Å². The standard InChI is InChI=1S/C24H20ClNO4S/c1-13-9-10-31-23(13)20-19(21(27)15-7-8-18(30-3)14(2)11-15)22(28)24(29)26(20)17-6-4-5-16(25)12-17/h4-12,20,27H,1-3H3/b21-19-. The number of ether oxygens (including phenoxy) is 1. The minimum atomic E-state index is -0.749. The van der Waals surface area contributed by atoms with E-state index in [0.717, 1.165) is 16.0 Å². The number of ketones is 1. The molecule has 2 aromatic carbocycles. The number of aliphatic hydroxyl groups excluding tert-OH is 1. The van der Waals surface area contributed by atoms with E-state index in [1.54, 1.807) is 49.6 Å². The van der Waals surface area contributed by atoms with Gasteiger partial charge in [-0.2, -0.15) is 0 Å². The summed E-state index contributed by atoms with van der Waals surface area (Å²) in [5.74, 6) is -0.983. The van der Waals surface area contributed by atoms with Crippen LogP contribution >= 0.6 is 22.9 Å². The molecule has 1 aliphatic rings. The van der Waals surface area contributed by atoms with Gasteiger partial charge in [-0.25, -0.2) is 0 Å². The summed E-state index contributed by atoms with van der Waals surface area (Å²) in [6.07, 6.45) is 0. The maximum atomic E-state index is 13.2. The van der Waals surface area contributed by atoms with E-state index in [1.165, 1.54) is 16.2 Å². The summed E-state index contributed by atoms with van der Waals surface area (Å²) in [6.45, 7) is 3.77. The van der Waals surface area contributed by atoms with E-state index in [4.69, 9.17) is 16.3 Å². The number of anilines is 1. The first kappa shape index (κ1) is 21.2. The highest BCUT2D eigenvalue weighted by molar-refractivity contribution is 7.10. The number of Topliss-reactive ketones (excluding diaryl/α,β-unsaturated/α-hetero) is 1. The number of benzene rings is 2. The van der Waals surface area contributed by atoms with Gasteiger partial charge >= 0.3 is 0 Å². The van der Waals surface area contributed by atoms with Gasteiger partial charge in [-0.1, -0.05) is 17.7 Å². The Hall–Kier alpha value is -3.09. The summed E-state index contributed by atoms with van der Waals surface area (Å²) >= 11 is 7.59. The van der Waals surface area contributed by atoms with Crippen molar-refractivity contribution in [2.24, 2.45) is 0 Å². The number of thiophene rings is 1. The van der Waals surface area contributed by atoms with Crippen molar-refractivity contribution in [3.8, 4) is 5.75 Å². The highest BCUT2D eigenvalue weighted by Gasteiger charge is 2.48. The maximum absolute atomic E-state index is 13.2. The van der Waals surface area contributed by atoms with Crippen LogP contribution in [0, 0.1) is 13.8 Å². The second-order valence-electron chi connectivity index (χ2n) is 7.30. The maximum Gasteiger partial charge on any atom is 0.300 e. The zero-order valence-electron chi connectivity index (χ0n) is 17.2. The molecule has 0 bridgehead atoms. The topological polar surface area (TPSA) is 66.8 Å². The molecule has 0 radical (unpaired) electrons. The lowest BCUT2D eigenvalue weighted by molar-refractivity contribution is -0.132. The molecule has 3 aromatic rings. The van der Waals surface area contributed by atoms with Crippen LogP contribution in [0.3, 0.4) is 0 Å². The Labute approximate surface area is 189 Å². The molecular weight excluding hydrogens is 434 g/mol. The molecule has 1 aliphatic heterocycles. The Morgan fingerprint density at radius 1 is 1.10 bits per heavy atom. The molecule has 1 amide bonds. The Morgan fingerprint density at radius 2 is 1.87 bits per heavy atom. The molecule has 158 valence electrons. The quantitative estimate of drug-likeness (QED) is 0.315. The van der Waals surface area contributed by atoms with Crippen molar-refractivity contribution >= 4 is 46.1 Å². The fraction of sp³-hybridized carbons (Fsp3) is 0.167. The average molecular weight is 454 g/mol. The fourth-order valence-electron chi connectivity index (χ4n) is 3.82. The van der Waals surface area contributed by atoms with Gasteiger partial charge in [0.15, 0.2) is 0 Å². The molecule has 1 N–H and O–H groups in total. The Kier molecular flexibility index (Phi) is 5.60. The monoisotopic (exact) mass is 453 g/mol. The smallest absolute Gasteiger partial charge is 0.300 e. The Morgan fingerprint density at radius 3 is 2.48 bits per heavy atom. The van der Waals surface area contributed by atoms with Crippen LogP contribution in [-0.2, 0) is 9.59 Å². The van der Waals surface area contributed by atoms with Gasteiger partial charge in [0.1, 0.15) is 17.6 Å². The molecule has 1 aromatic heterocycles. The zero-order chi connectivity index (χ0) is 22.3. The fourth-order valence-corrected chi connectivity index (χ4v) is 5.03. The Balaban J connectivity index is 1.95. The highest BCUT2D eigenvalue weighted by atomic mass is 35.5. The number of carbonyl (C=O) groups is 2. The van der Waals surface area contributed by atoms with Crippen molar-refractivity contribution in [1.29, 1.82) is 0 Å². The number of halogens is 1. The number of nitrogens with zero attached hydrogens (tertiary/aromatic N) is 1. The highest BCUT2D eigenvalue weighted by Crippen LogP contribution is 2.45. The number of hydrogen-bond donors (Lipinski definition) is 1. The summed E-state index contributed by atoms with van der Waals surface area (Å²) in [7, 11) is 1.57. The van der Waals surface area contributed by atoms with Gasteiger partial charge < -0.3 is 9.84 Å². The number of amides is 1. The van der Waals surface area contributed by atoms with Crippen LogP contribution in [0.4, 0.5) is 5.69 Å². The average Bonchev–Trinajstić information content (AvgIpc) is 3.28. The first-order valence-electron chi connectivity index (χ1n) is 9.59. The predicted octanol–water partition coefficient (Wildman–Crippen LogP) is 5.65. The van der Waals surface area contributed by atoms with Crippen molar-refractivity contribution in [2.45, 2.75) is 19.9 Å². The number of methoxy groups -OCH3 is 1. The van der Waals surface area contributed by atoms with E-state index in [2.05, 4.69) is 0 Å². The van der Waals surface area contributed by atoms with Gasteiger partial charge in [0.25, 0.3) is 11.7 Å². The minimum Gasteiger partial charge on any atom is -0.507 e. The van der Waals surface area contributed by atoms with E-state index in [1.807, 2.05) is 25.3 Å². The van der Waals surface area contributed by atoms with Crippen LogP contribution in [0.2, 0.25) is 5.02 Å². The lowest BCUT2D eigenvalue weighted by Gasteiger charge is -2.25. The van der Waals surface area contributed by atoms with Gasteiger partial charge in [0.05, 0.1) is 12.7 Å². The van der Waals surface area contributed by atoms with Gasteiger partial charge in [-0.15, -0.1) is 11.3 Å². The van der Waals surface area contributed by atoms with Crippen LogP contribution in [-0.4, -0.2) is 23.9 Å². The molecule has 5 nitrogen and oxygen atoms in total. The number of aryl methyl sites for hydroxylation is 2. The normalized spacial score (nSPS) is 17.9. The largest absolute Gasteiger partial charge is 0.507 e. The van der Waals surface area contributed by atoms with E-state index < -0.39 is 17.7 Å². The molecule has 0 saturated carbocycles. The second-order valence-corrected chi connectivity index (χ2v) is 8.69. The summed E-state index contributed by atoms with van der Waals surface area (Å²) in [4.78, 5) is 28.5. The molecule has 1 unspecified atom stereocenters. The van der Waals surface area contributed by atoms with Crippen molar-refractivity contribution in [3.63, 3.8) is 0 Å². The van der Waals surface area contributed by atoms with Gasteiger partial charge in [-0.05, 0) is 72.8 Å². The summed E-state index contributed by atoms with van der Waals surface area (Å²) in [5, 5.41) is 13.5. The number of rotatable bonds is 4. The van der Waals surface area contributed by atoms with Gasteiger partial charge in [-0.3, -0.25) is 14.5 Å². The molecule has 0 spiro atoms. The minimum absolute atomic E-state index is 0.0556. The second kappa shape index (κ2) is 8.21. The number of hydrogen-bond acceptors (Lipinski definition) is 5. The van der Waals surface area contributed by atoms with Crippen LogP contribution < -0.4 is 9.64 Å². The predicted molar refractivity (Wildman–Crippen MR) is 123 cm³/mol. The first-order valence-corrected chi connectivity index (χ1v) is 10.8. The van der Waals surface area contributed by atoms with E-state index in [9.17, 15) is 14.7 Å². The first-order chi connectivity index (χ1) is 14.8. The van der Waals surface area contributed by atoms with E-state index >= 15 is 0 Å². The van der Waals surface area contributed by atoms with Crippen molar-refractivity contribution in [2.75, 3.05) is 12.0 Å². The Bertz CT molecular complexity index is 1230. The van der Waals surface area contributed by atoms with E-state index in [0.29, 0.717) is 22.0 Å². The number of carbonyl (C=O) groups excluding carboxylic acids is 2. The van der Waals surface area contributed by atoms with E-state index in [-0.39, 0.29) is 11.3 Å². The molecular formula is C24H20ClNO4S. The SMILES string of the molecule is COc1ccc(/C(O)=C2/C(=O)C(=O)N(c3cccc(Cl)c3)C2c2sccc2C)cc1C. The van der Waals surface area contributed by atoms with Crippen LogP contribution in [0.25, 0.3) is 5.76 Å². The molecule has 1 atom stereocenters.